The summed E-state index contributed by atoms with van der Waals surface area (Å²) in [7, 11) is 1.62. The highest BCUT2D eigenvalue weighted by Crippen LogP contribution is 2.26. The lowest BCUT2D eigenvalue weighted by molar-refractivity contribution is -0.132. The predicted octanol–water partition coefficient (Wildman–Crippen LogP) is 1.11. The quantitative estimate of drug-likeness (QED) is 0.570. The number of amides is 3. The maximum atomic E-state index is 12.9. The zero-order valence-electron chi connectivity index (χ0n) is 19.2. The fraction of sp³-hybridized carbons (Fsp3) is 0.727. The summed E-state index contributed by atoms with van der Waals surface area (Å²) < 4.78 is 1.49. The summed E-state index contributed by atoms with van der Waals surface area (Å²) in [5, 5.41) is 10.2. The van der Waals surface area contributed by atoms with Crippen molar-refractivity contribution in [3.8, 4) is 0 Å². The molecule has 9 nitrogen and oxygen atoms in total. The third kappa shape index (κ3) is 5.26. The van der Waals surface area contributed by atoms with Crippen LogP contribution in [-0.4, -0.2) is 82.6 Å². The standard InChI is InChI=1S/C22H36N6O3/c1-16(2)8-10-24-21(31)22(3)15-28-18(20(30)26(22)4)14-17(25-28)19(29)23-9-7-13-27-11-5-6-12-27/h14,16H,5-13,15H2,1-4H3,(H,23,29)(H,24,31)/t22-/m1/s1. The van der Waals surface area contributed by atoms with E-state index in [1.54, 1.807) is 14.0 Å². The molecular weight excluding hydrogens is 396 g/mol. The molecule has 0 aliphatic carbocycles. The molecule has 0 aromatic carbocycles. The molecule has 1 saturated heterocycles. The molecular formula is C22H36N6O3. The summed E-state index contributed by atoms with van der Waals surface area (Å²) in [6.07, 6.45) is 4.26. The SMILES string of the molecule is CC(C)CCNC(=O)[C@@]1(C)Cn2nc(C(=O)NCCCN3CCCC3)cc2C(=O)N1C. The molecule has 1 aromatic rings. The number of hydrogen-bond acceptors (Lipinski definition) is 5. The van der Waals surface area contributed by atoms with E-state index in [1.165, 1.54) is 28.5 Å². The Balaban J connectivity index is 1.60. The number of carbonyl (C=O) groups excluding carboxylic acids is 3. The van der Waals surface area contributed by atoms with Crippen LogP contribution in [0.5, 0.6) is 0 Å². The van der Waals surface area contributed by atoms with E-state index in [-0.39, 0.29) is 30.0 Å². The second kappa shape index (κ2) is 9.80. The van der Waals surface area contributed by atoms with Gasteiger partial charge in [0.2, 0.25) is 5.91 Å². The number of hydrogen-bond donors (Lipinski definition) is 2. The van der Waals surface area contributed by atoms with Crippen LogP contribution in [0.25, 0.3) is 0 Å². The summed E-state index contributed by atoms with van der Waals surface area (Å²) >= 11 is 0. The van der Waals surface area contributed by atoms with Gasteiger partial charge in [0.25, 0.3) is 11.8 Å². The van der Waals surface area contributed by atoms with Crippen molar-refractivity contribution in [3.63, 3.8) is 0 Å². The molecule has 0 bridgehead atoms. The molecule has 2 N–H and O–H groups in total. The van der Waals surface area contributed by atoms with Gasteiger partial charge in [-0.1, -0.05) is 13.8 Å². The van der Waals surface area contributed by atoms with E-state index in [9.17, 15) is 14.4 Å². The minimum Gasteiger partial charge on any atom is -0.354 e. The van der Waals surface area contributed by atoms with Crippen molar-refractivity contribution in [2.45, 2.75) is 58.5 Å². The zero-order valence-corrected chi connectivity index (χ0v) is 19.2. The number of fused-ring (bicyclic) bond motifs is 1. The van der Waals surface area contributed by atoms with Gasteiger partial charge in [0.05, 0.1) is 6.54 Å². The molecule has 2 aliphatic heterocycles. The fourth-order valence-corrected chi connectivity index (χ4v) is 4.10. The average Bonchev–Trinajstić information content (AvgIpc) is 3.39. The largest absolute Gasteiger partial charge is 0.354 e. The summed E-state index contributed by atoms with van der Waals surface area (Å²) in [4.78, 5) is 42.2. The van der Waals surface area contributed by atoms with Gasteiger partial charge in [0.1, 0.15) is 11.2 Å². The molecule has 3 rings (SSSR count). The fourth-order valence-electron chi connectivity index (χ4n) is 4.10. The molecule has 0 unspecified atom stereocenters. The molecule has 172 valence electrons. The van der Waals surface area contributed by atoms with Crippen LogP contribution >= 0.6 is 0 Å². The maximum absolute atomic E-state index is 12.9. The van der Waals surface area contributed by atoms with Crippen LogP contribution < -0.4 is 10.6 Å². The molecule has 1 fully saturated rings. The minimum absolute atomic E-state index is 0.209. The van der Waals surface area contributed by atoms with Crippen LogP contribution in [0.1, 0.15) is 67.4 Å². The number of nitrogens with zero attached hydrogens (tertiary/aromatic N) is 4. The Kier molecular flexibility index (Phi) is 7.35. The van der Waals surface area contributed by atoms with Gasteiger partial charge >= 0.3 is 0 Å². The van der Waals surface area contributed by atoms with Crippen molar-refractivity contribution >= 4 is 17.7 Å². The van der Waals surface area contributed by atoms with Gasteiger partial charge < -0.3 is 20.4 Å². The Labute approximate surface area is 184 Å². The molecule has 3 amide bonds. The number of carbonyl (C=O) groups is 3. The highest BCUT2D eigenvalue weighted by atomic mass is 16.2. The van der Waals surface area contributed by atoms with Gasteiger partial charge in [0.15, 0.2) is 5.69 Å². The molecule has 0 saturated carbocycles. The van der Waals surface area contributed by atoms with Gasteiger partial charge in [0, 0.05) is 26.2 Å². The Bertz CT molecular complexity index is 814. The number of rotatable bonds is 9. The molecule has 31 heavy (non-hydrogen) atoms. The topological polar surface area (TPSA) is 99.6 Å². The van der Waals surface area contributed by atoms with E-state index >= 15 is 0 Å². The highest BCUT2D eigenvalue weighted by molar-refractivity contribution is 6.01. The van der Waals surface area contributed by atoms with Gasteiger partial charge in [-0.05, 0) is 58.2 Å². The van der Waals surface area contributed by atoms with E-state index in [2.05, 4.69) is 34.5 Å². The minimum atomic E-state index is -1.06. The molecule has 9 heteroatoms. The summed E-state index contributed by atoms with van der Waals surface area (Å²) in [6, 6.07) is 1.52. The van der Waals surface area contributed by atoms with Crippen LogP contribution in [0, 0.1) is 5.92 Å². The van der Waals surface area contributed by atoms with Gasteiger partial charge in [-0.3, -0.25) is 19.1 Å². The van der Waals surface area contributed by atoms with Crippen molar-refractivity contribution in [2.24, 2.45) is 5.92 Å². The van der Waals surface area contributed by atoms with Crippen LogP contribution in [0.3, 0.4) is 0 Å². The Hall–Kier alpha value is -2.42. The summed E-state index contributed by atoms with van der Waals surface area (Å²) in [5.41, 5.74) is -0.518. The van der Waals surface area contributed by atoms with Crippen molar-refractivity contribution in [3.05, 3.63) is 17.5 Å². The summed E-state index contributed by atoms with van der Waals surface area (Å²) in [5.74, 6) is -0.332. The van der Waals surface area contributed by atoms with Crippen molar-refractivity contribution < 1.29 is 14.4 Å². The van der Waals surface area contributed by atoms with E-state index in [0.717, 1.165) is 32.5 Å². The van der Waals surface area contributed by atoms with Crippen LogP contribution in [0.2, 0.25) is 0 Å². The van der Waals surface area contributed by atoms with Crippen molar-refractivity contribution in [1.29, 1.82) is 0 Å². The van der Waals surface area contributed by atoms with E-state index < -0.39 is 5.54 Å². The first-order valence-corrected chi connectivity index (χ1v) is 11.4. The highest BCUT2D eigenvalue weighted by Gasteiger charge is 2.46. The Morgan fingerprint density at radius 1 is 1.19 bits per heavy atom. The molecule has 0 radical (unpaired) electrons. The number of aromatic nitrogens is 2. The third-order valence-electron chi connectivity index (χ3n) is 6.37. The molecule has 1 aromatic heterocycles. The first kappa shape index (κ1) is 23.2. The maximum Gasteiger partial charge on any atom is 0.272 e. The second-order valence-electron chi connectivity index (χ2n) is 9.31. The van der Waals surface area contributed by atoms with Crippen LogP contribution in [0.4, 0.5) is 0 Å². The normalized spacial score (nSPS) is 21.5. The number of nitrogens with one attached hydrogen (secondary N) is 2. The van der Waals surface area contributed by atoms with Crippen molar-refractivity contribution in [1.82, 2.24) is 30.2 Å². The predicted molar refractivity (Wildman–Crippen MR) is 118 cm³/mol. The van der Waals surface area contributed by atoms with E-state index in [4.69, 9.17) is 0 Å². The molecule has 2 aliphatic rings. The van der Waals surface area contributed by atoms with Gasteiger partial charge in [-0.15, -0.1) is 0 Å². The third-order valence-corrected chi connectivity index (χ3v) is 6.37. The van der Waals surface area contributed by atoms with Gasteiger partial charge in [-0.25, -0.2) is 0 Å². The van der Waals surface area contributed by atoms with E-state index in [0.29, 0.717) is 24.7 Å². The molecule has 3 heterocycles. The summed E-state index contributed by atoms with van der Waals surface area (Å²) in [6.45, 7) is 10.5. The molecule has 1 atom stereocenters. The molecule has 0 spiro atoms. The lowest BCUT2D eigenvalue weighted by Gasteiger charge is -2.40. The van der Waals surface area contributed by atoms with Crippen LogP contribution in [0.15, 0.2) is 6.07 Å². The smallest absolute Gasteiger partial charge is 0.272 e. The van der Waals surface area contributed by atoms with E-state index in [1.807, 2.05) is 0 Å². The Morgan fingerprint density at radius 2 is 1.90 bits per heavy atom. The lowest BCUT2D eigenvalue weighted by atomic mass is 9.95. The lowest BCUT2D eigenvalue weighted by Crippen LogP contribution is -2.62. The number of likely N-dealkylation sites (tertiary alicyclic amines) is 1. The monoisotopic (exact) mass is 432 g/mol. The van der Waals surface area contributed by atoms with Crippen LogP contribution in [-0.2, 0) is 11.3 Å². The first-order chi connectivity index (χ1) is 14.7. The number of likely N-dealkylation sites (N-methyl/N-ethyl adjacent to an activating group) is 1. The zero-order chi connectivity index (χ0) is 22.6. The first-order valence-electron chi connectivity index (χ1n) is 11.4. The second-order valence-corrected chi connectivity index (χ2v) is 9.31. The Morgan fingerprint density at radius 3 is 2.58 bits per heavy atom. The average molecular weight is 433 g/mol. The van der Waals surface area contributed by atoms with Gasteiger partial charge in [-0.2, -0.15) is 5.10 Å². The van der Waals surface area contributed by atoms with Crippen molar-refractivity contribution in [2.75, 3.05) is 39.8 Å².